The summed E-state index contributed by atoms with van der Waals surface area (Å²) in [6, 6.07) is 20.8. The molecule has 186 valence electrons. The number of hydrogen-bond donors (Lipinski definition) is 0. The van der Waals surface area contributed by atoms with E-state index < -0.39 is 18.2 Å². The normalized spacial score (nSPS) is 14.6. The Bertz CT molecular complexity index is 1220. The molecule has 0 radical (unpaired) electrons. The van der Waals surface area contributed by atoms with Gasteiger partial charge in [0.25, 0.3) is 0 Å². The van der Waals surface area contributed by atoms with Crippen LogP contribution in [0.3, 0.4) is 0 Å². The number of amides is 2. The smallest absolute Gasteiger partial charge is 0.410 e. The molecule has 0 spiro atoms. The van der Waals surface area contributed by atoms with E-state index in [4.69, 9.17) is 9.15 Å². The topological polar surface area (TPSA) is 86.8 Å². The van der Waals surface area contributed by atoms with Gasteiger partial charge in [-0.05, 0) is 47.2 Å². The molecule has 0 saturated carbocycles. The van der Waals surface area contributed by atoms with E-state index in [1.807, 2.05) is 31.2 Å². The summed E-state index contributed by atoms with van der Waals surface area (Å²) in [6.07, 6.45) is 1.25. The van der Waals surface area contributed by atoms with Gasteiger partial charge >= 0.3 is 6.09 Å². The maximum Gasteiger partial charge on any atom is 0.410 e. The number of fused-ring (bicyclic) bond motifs is 3. The Hall–Kier alpha value is -4.05. The molecule has 3 aromatic rings. The molecule has 3 atom stereocenters. The number of nitrogens with zero attached hydrogens (tertiary/aromatic N) is 3. The zero-order valence-corrected chi connectivity index (χ0v) is 21.0. The molecule has 4 rings (SSSR count). The van der Waals surface area contributed by atoms with Crippen LogP contribution in [-0.4, -0.2) is 48.5 Å². The van der Waals surface area contributed by atoms with Crippen LogP contribution in [0.2, 0.25) is 0 Å². The van der Waals surface area contributed by atoms with E-state index in [0.717, 1.165) is 22.3 Å². The summed E-state index contributed by atoms with van der Waals surface area (Å²) >= 11 is 0. The zero-order chi connectivity index (χ0) is 25.8. The second kappa shape index (κ2) is 10.7. The van der Waals surface area contributed by atoms with E-state index in [1.54, 1.807) is 44.3 Å². The van der Waals surface area contributed by atoms with Gasteiger partial charge in [-0.1, -0.05) is 55.5 Å². The van der Waals surface area contributed by atoms with Crippen molar-refractivity contribution >= 4 is 12.0 Å². The first-order valence-corrected chi connectivity index (χ1v) is 12.1. The molecule has 1 unspecified atom stereocenters. The first-order chi connectivity index (χ1) is 17.3. The van der Waals surface area contributed by atoms with Gasteiger partial charge in [-0.15, -0.1) is 0 Å². The summed E-state index contributed by atoms with van der Waals surface area (Å²) in [5.74, 6) is 0.127. The highest BCUT2D eigenvalue weighted by Crippen LogP contribution is 2.44. The van der Waals surface area contributed by atoms with Gasteiger partial charge in [0.05, 0.1) is 18.4 Å². The van der Waals surface area contributed by atoms with Crippen molar-refractivity contribution in [1.82, 2.24) is 9.80 Å². The molecule has 36 heavy (non-hydrogen) atoms. The molecule has 0 fully saturated rings. The monoisotopic (exact) mass is 485 g/mol. The summed E-state index contributed by atoms with van der Waals surface area (Å²) < 4.78 is 11.3. The van der Waals surface area contributed by atoms with E-state index >= 15 is 0 Å². The number of likely N-dealkylation sites (N-methyl/N-ethyl adjacent to an activating group) is 2. The van der Waals surface area contributed by atoms with E-state index in [2.05, 4.69) is 30.3 Å². The number of furan rings is 1. The van der Waals surface area contributed by atoms with E-state index in [-0.39, 0.29) is 30.8 Å². The van der Waals surface area contributed by atoms with Crippen LogP contribution >= 0.6 is 0 Å². The Kier molecular flexibility index (Phi) is 7.44. The van der Waals surface area contributed by atoms with Crippen LogP contribution in [0.25, 0.3) is 11.1 Å². The maximum absolute atomic E-state index is 13.4. The third-order valence-electron chi connectivity index (χ3n) is 7.11. The molecule has 1 aliphatic carbocycles. The minimum absolute atomic E-state index is 0.0569. The van der Waals surface area contributed by atoms with Crippen molar-refractivity contribution in [2.45, 2.75) is 38.3 Å². The Balaban J connectivity index is 1.44. The molecule has 1 heterocycles. The SMILES string of the molecule is C[C@H](CC#N)C(c1ccco1)N(C)C(=O)[C@@H](C)N(C)C(=O)OCC1c2ccccc2-c2ccccc21. The average Bonchev–Trinajstić information content (AvgIpc) is 3.53. The van der Waals surface area contributed by atoms with Gasteiger partial charge in [-0.3, -0.25) is 9.69 Å². The molecule has 2 aromatic carbocycles. The van der Waals surface area contributed by atoms with Crippen molar-refractivity contribution in [3.05, 3.63) is 83.8 Å². The largest absolute Gasteiger partial charge is 0.467 e. The van der Waals surface area contributed by atoms with Crippen LogP contribution in [-0.2, 0) is 9.53 Å². The fourth-order valence-corrected chi connectivity index (χ4v) is 5.02. The summed E-state index contributed by atoms with van der Waals surface area (Å²) in [6.45, 7) is 3.76. The highest BCUT2D eigenvalue weighted by atomic mass is 16.6. The zero-order valence-electron chi connectivity index (χ0n) is 21.0. The number of ether oxygens (including phenoxy) is 1. The summed E-state index contributed by atoms with van der Waals surface area (Å²) in [4.78, 5) is 29.2. The van der Waals surface area contributed by atoms with Gasteiger partial charge in [0, 0.05) is 26.4 Å². The molecular formula is C29H31N3O4. The summed E-state index contributed by atoms with van der Waals surface area (Å²) in [5, 5.41) is 9.19. The van der Waals surface area contributed by atoms with Gasteiger partial charge in [-0.25, -0.2) is 4.79 Å². The van der Waals surface area contributed by atoms with Crippen molar-refractivity contribution in [2.24, 2.45) is 5.92 Å². The molecular weight excluding hydrogens is 454 g/mol. The van der Waals surface area contributed by atoms with Gasteiger partial charge in [0.15, 0.2) is 0 Å². The van der Waals surface area contributed by atoms with Gasteiger partial charge in [0.1, 0.15) is 18.4 Å². The van der Waals surface area contributed by atoms with Crippen LogP contribution in [0, 0.1) is 17.2 Å². The lowest BCUT2D eigenvalue weighted by Gasteiger charge is -2.34. The first kappa shape index (κ1) is 25.1. The van der Waals surface area contributed by atoms with E-state index in [1.165, 1.54) is 4.90 Å². The number of hydrogen-bond acceptors (Lipinski definition) is 5. The quantitative estimate of drug-likeness (QED) is 0.415. The molecule has 1 aromatic heterocycles. The lowest BCUT2D eigenvalue weighted by atomic mass is 9.95. The molecule has 7 nitrogen and oxygen atoms in total. The van der Waals surface area contributed by atoms with Crippen molar-refractivity contribution in [2.75, 3.05) is 20.7 Å². The number of carbonyl (C=O) groups excluding carboxylic acids is 2. The molecule has 2 amide bonds. The Morgan fingerprint density at radius 2 is 1.58 bits per heavy atom. The van der Waals surface area contributed by atoms with Crippen LogP contribution in [0.5, 0.6) is 0 Å². The van der Waals surface area contributed by atoms with Crippen LogP contribution < -0.4 is 0 Å². The van der Waals surface area contributed by atoms with E-state index in [0.29, 0.717) is 5.76 Å². The second-order valence-electron chi connectivity index (χ2n) is 9.34. The molecule has 0 N–H and O–H groups in total. The molecule has 1 aliphatic rings. The fourth-order valence-electron chi connectivity index (χ4n) is 5.02. The predicted octanol–water partition coefficient (Wildman–Crippen LogP) is 5.60. The predicted molar refractivity (Wildman–Crippen MR) is 136 cm³/mol. The number of nitriles is 1. The van der Waals surface area contributed by atoms with Crippen molar-refractivity contribution in [1.29, 1.82) is 5.26 Å². The first-order valence-electron chi connectivity index (χ1n) is 12.1. The third kappa shape index (κ3) is 4.72. The number of carbonyl (C=O) groups is 2. The van der Waals surface area contributed by atoms with Gasteiger partial charge in [0.2, 0.25) is 5.91 Å². The standard InChI is InChI=1S/C29H31N3O4/c1-19(15-16-30)27(26-14-9-17-35-26)32(4)28(33)20(2)31(3)29(34)36-18-25-23-12-7-5-10-21(23)22-11-6-8-13-24(22)25/h5-14,17,19-20,25,27H,15,18H2,1-4H3/t19-,20-,27?/m1/s1. The lowest BCUT2D eigenvalue weighted by Crippen LogP contribution is -2.48. The summed E-state index contributed by atoms with van der Waals surface area (Å²) in [5.41, 5.74) is 4.57. The fraction of sp³-hybridized carbons (Fsp3) is 0.345. The Morgan fingerprint density at radius 1 is 0.972 bits per heavy atom. The van der Waals surface area contributed by atoms with Crippen molar-refractivity contribution in [3.63, 3.8) is 0 Å². The highest BCUT2D eigenvalue weighted by molar-refractivity contribution is 5.85. The Morgan fingerprint density at radius 3 is 2.14 bits per heavy atom. The minimum atomic E-state index is -0.766. The highest BCUT2D eigenvalue weighted by Gasteiger charge is 2.35. The van der Waals surface area contributed by atoms with Crippen LogP contribution in [0.15, 0.2) is 71.3 Å². The number of benzene rings is 2. The maximum atomic E-state index is 13.4. The van der Waals surface area contributed by atoms with Crippen molar-refractivity contribution < 1.29 is 18.7 Å². The molecule has 0 bridgehead atoms. The molecule has 0 aliphatic heterocycles. The third-order valence-corrected chi connectivity index (χ3v) is 7.11. The number of rotatable bonds is 8. The summed E-state index contributed by atoms with van der Waals surface area (Å²) in [7, 11) is 3.24. The lowest BCUT2D eigenvalue weighted by molar-refractivity contribution is -0.138. The molecule has 0 saturated heterocycles. The van der Waals surface area contributed by atoms with Crippen molar-refractivity contribution in [3.8, 4) is 17.2 Å². The van der Waals surface area contributed by atoms with Crippen LogP contribution in [0.4, 0.5) is 4.79 Å². The van der Waals surface area contributed by atoms with Gasteiger partial charge < -0.3 is 14.1 Å². The Labute approximate surface area is 211 Å². The average molecular weight is 486 g/mol. The van der Waals surface area contributed by atoms with E-state index in [9.17, 15) is 14.9 Å². The van der Waals surface area contributed by atoms with Crippen LogP contribution in [0.1, 0.15) is 49.1 Å². The second-order valence-corrected chi connectivity index (χ2v) is 9.34. The van der Waals surface area contributed by atoms with Gasteiger partial charge in [-0.2, -0.15) is 5.26 Å². The molecule has 7 heteroatoms. The minimum Gasteiger partial charge on any atom is -0.467 e.